The highest BCUT2D eigenvalue weighted by atomic mass is 16.5. The van der Waals surface area contributed by atoms with Crippen molar-refractivity contribution in [3.05, 3.63) is 41.2 Å². The number of ketones is 1. The van der Waals surface area contributed by atoms with Crippen LogP contribution < -0.4 is 4.74 Å². The average molecular weight is 375 g/mol. The summed E-state index contributed by atoms with van der Waals surface area (Å²) in [6.07, 6.45) is 0.605. The van der Waals surface area contributed by atoms with Gasteiger partial charge < -0.3 is 19.5 Å². The molecule has 1 aliphatic heterocycles. The minimum Gasteiger partial charge on any atom is -0.503 e. The zero-order valence-electron chi connectivity index (χ0n) is 16.7. The van der Waals surface area contributed by atoms with Crippen LogP contribution >= 0.6 is 0 Å². The Bertz CT molecular complexity index is 732. The minimum atomic E-state index is -0.720. The Hall–Kier alpha value is -2.34. The van der Waals surface area contributed by atoms with Crippen LogP contribution in [-0.4, -0.2) is 48.6 Å². The second-order valence-corrected chi connectivity index (χ2v) is 7.59. The molecule has 6 heteroatoms. The summed E-state index contributed by atoms with van der Waals surface area (Å²) in [5, 5.41) is 10.5. The number of Topliss-reactive ketones (excluding diaryl/α,β-unsaturated/α-hetero) is 1. The van der Waals surface area contributed by atoms with Crippen LogP contribution in [0.15, 0.2) is 35.6 Å². The first-order valence-electron chi connectivity index (χ1n) is 9.23. The molecule has 2 rings (SSSR count). The Morgan fingerprint density at radius 1 is 1.30 bits per heavy atom. The van der Waals surface area contributed by atoms with Crippen molar-refractivity contribution in [2.75, 3.05) is 26.9 Å². The molecule has 0 spiro atoms. The monoisotopic (exact) mass is 375 g/mol. The van der Waals surface area contributed by atoms with Crippen molar-refractivity contribution >= 4 is 11.7 Å². The summed E-state index contributed by atoms with van der Waals surface area (Å²) in [4.78, 5) is 27.3. The number of ether oxygens (including phenoxy) is 2. The first-order valence-corrected chi connectivity index (χ1v) is 9.23. The van der Waals surface area contributed by atoms with Gasteiger partial charge >= 0.3 is 0 Å². The Labute approximate surface area is 160 Å². The molecule has 148 valence electrons. The summed E-state index contributed by atoms with van der Waals surface area (Å²) in [5.41, 5.74) is 0.170. The highest BCUT2D eigenvalue weighted by Crippen LogP contribution is 2.41. The van der Waals surface area contributed by atoms with Crippen LogP contribution in [0.5, 0.6) is 5.75 Å². The van der Waals surface area contributed by atoms with Gasteiger partial charge in [0.05, 0.1) is 18.2 Å². The molecule has 27 heavy (non-hydrogen) atoms. The summed E-state index contributed by atoms with van der Waals surface area (Å²) in [7, 11) is 1.60. The largest absolute Gasteiger partial charge is 0.503 e. The van der Waals surface area contributed by atoms with Gasteiger partial charge in [-0.1, -0.05) is 32.9 Å². The van der Waals surface area contributed by atoms with Crippen LogP contribution in [0.2, 0.25) is 0 Å². The van der Waals surface area contributed by atoms with Gasteiger partial charge in [0.1, 0.15) is 5.75 Å². The minimum absolute atomic E-state index is 0.151. The molecule has 1 unspecified atom stereocenters. The molecule has 1 aromatic rings. The van der Waals surface area contributed by atoms with Gasteiger partial charge in [-0.25, -0.2) is 0 Å². The molecule has 1 amide bonds. The third kappa shape index (κ3) is 4.50. The molecule has 0 saturated carbocycles. The van der Waals surface area contributed by atoms with Crippen molar-refractivity contribution in [1.29, 1.82) is 0 Å². The Kier molecular flexibility index (Phi) is 6.65. The van der Waals surface area contributed by atoms with Gasteiger partial charge in [0, 0.05) is 25.7 Å². The molecule has 1 heterocycles. The summed E-state index contributed by atoms with van der Waals surface area (Å²) in [5.74, 6) is -0.563. The van der Waals surface area contributed by atoms with Crippen molar-refractivity contribution in [3.8, 4) is 5.75 Å². The molecule has 1 atom stereocenters. The first kappa shape index (κ1) is 21.0. The summed E-state index contributed by atoms with van der Waals surface area (Å²) < 4.78 is 10.7. The fourth-order valence-corrected chi connectivity index (χ4v) is 3.19. The number of rotatable bonds is 8. The zero-order valence-corrected chi connectivity index (χ0v) is 16.7. The van der Waals surface area contributed by atoms with Crippen LogP contribution in [0, 0.1) is 5.41 Å². The smallest absolute Gasteiger partial charge is 0.290 e. The SMILES string of the molecule is CCOc1cccc(C2C(C(=O)C(C)(C)C)=C(O)C(=O)N2CCCOC)c1. The Morgan fingerprint density at radius 3 is 2.59 bits per heavy atom. The van der Waals surface area contributed by atoms with E-state index < -0.39 is 23.1 Å². The van der Waals surface area contributed by atoms with Crippen LogP contribution in [-0.2, 0) is 14.3 Å². The van der Waals surface area contributed by atoms with Gasteiger partial charge in [-0.3, -0.25) is 9.59 Å². The maximum Gasteiger partial charge on any atom is 0.290 e. The molecular weight excluding hydrogens is 346 g/mol. The summed E-state index contributed by atoms with van der Waals surface area (Å²) in [6.45, 7) is 8.60. The summed E-state index contributed by atoms with van der Waals surface area (Å²) in [6, 6.07) is 6.68. The third-order valence-electron chi connectivity index (χ3n) is 4.46. The first-order chi connectivity index (χ1) is 12.7. The molecule has 0 saturated heterocycles. The fourth-order valence-electron chi connectivity index (χ4n) is 3.19. The molecule has 0 radical (unpaired) electrons. The quantitative estimate of drug-likeness (QED) is 0.705. The predicted octanol–water partition coefficient (Wildman–Crippen LogP) is 3.43. The number of hydrogen-bond acceptors (Lipinski definition) is 5. The second-order valence-electron chi connectivity index (χ2n) is 7.59. The van der Waals surface area contributed by atoms with Crippen LogP contribution in [0.4, 0.5) is 0 Å². The van der Waals surface area contributed by atoms with E-state index in [0.29, 0.717) is 31.9 Å². The van der Waals surface area contributed by atoms with Gasteiger partial charge in [0.15, 0.2) is 11.5 Å². The van der Waals surface area contributed by atoms with Crippen molar-refractivity contribution in [2.24, 2.45) is 5.41 Å². The number of nitrogens with zero attached hydrogens (tertiary/aromatic N) is 1. The van der Waals surface area contributed by atoms with E-state index >= 15 is 0 Å². The normalized spacial score (nSPS) is 17.6. The molecule has 1 aliphatic rings. The predicted molar refractivity (Wildman–Crippen MR) is 103 cm³/mol. The molecular formula is C21H29NO5. The van der Waals surface area contributed by atoms with Crippen LogP contribution in [0.3, 0.4) is 0 Å². The van der Waals surface area contributed by atoms with Gasteiger partial charge in [-0.05, 0) is 31.0 Å². The lowest BCUT2D eigenvalue weighted by Gasteiger charge is -2.29. The van der Waals surface area contributed by atoms with Gasteiger partial charge in [0.2, 0.25) is 0 Å². The maximum absolute atomic E-state index is 13.0. The van der Waals surface area contributed by atoms with E-state index in [1.165, 1.54) is 0 Å². The lowest BCUT2D eigenvalue weighted by atomic mass is 9.82. The van der Waals surface area contributed by atoms with E-state index in [4.69, 9.17) is 9.47 Å². The number of benzene rings is 1. The number of aliphatic hydroxyl groups excluding tert-OH is 1. The highest BCUT2D eigenvalue weighted by Gasteiger charge is 2.45. The van der Waals surface area contributed by atoms with E-state index in [-0.39, 0.29) is 11.4 Å². The van der Waals surface area contributed by atoms with E-state index in [1.54, 1.807) is 32.8 Å². The van der Waals surface area contributed by atoms with Crippen molar-refractivity contribution in [2.45, 2.75) is 40.2 Å². The Balaban J connectivity index is 2.51. The van der Waals surface area contributed by atoms with Gasteiger partial charge in [-0.2, -0.15) is 0 Å². The van der Waals surface area contributed by atoms with Gasteiger partial charge in [-0.15, -0.1) is 0 Å². The number of aliphatic hydroxyl groups is 1. The zero-order chi connectivity index (χ0) is 20.2. The highest BCUT2D eigenvalue weighted by molar-refractivity contribution is 6.10. The number of methoxy groups -OCH3 is 1. The number of carbonyl (C=O) groups is 2. The van der Waals surface area contributed by atoms with Crippen LogP contribution in [0.1, 0.15) is 45.7 Å². The topological polar surface area (TPSA) is 76.1 Å². The summed E-state index contributed by atoms with van der Waals surface area (Å²) >= 11 is 0. The molecule has 6 nitrogen and oxygen atoms in total. The van der Waals surface area contributed by atoms with E-state index in [9.17, 15) is 14.7 Å². The number of hydrogen-bond donors (Lipinski definition) is 1. The van der Waals surface area contributed by atoms with E-state index in [1.807, 2.05) is 31.2 Å². The molecule has 0 fully saturated rings. The van der Waals surface area contributed by atoms with Crippen molar-refractivity contribution in [1.82, 2.24) is 4.90 Å². The fraction of sp³-hybridized carbons (Fsp3) is 0.524. The molecule has 1 N–H and O–H groups in total. The molecule has 0 aromatic heterocycles. The standard InChI is InChI=1S/C21H29NO5/c1-6-27-15-10-7-9-14(13-15)17-16(19(24)21(2,3)4)18(23)20(25)22(17)11-8-12-26-5/h7,9-10,13,17,23H,6,8,11-12H2,1-5H3. The van der Waals surface area contributed by atoms with E-state index in [2.05, 4.69) is 0 Å². The number of carbonyl (C=O) groups excluding carboxylic acids is 2. The number of amides is 1. The van der Waals surface area contributed by atoms with Crippen LogP contribution in [0.25, 0.3) is 0 Å². The Morgan fingerprint density at radius 2 is 2.00 bits per heavy atom. The molecule has 0 bridgehead atoms. The second kappa shape index (κ2) is 8.57. The van der Waals surface area contributed by atoms with Gasteiger partial charge in [0.25, 0.3) is 5.91 Å². The maximum atomic E-state index is 13.0. The average Bonchev–Trinajstić information content (AvgIpc) is 2.86. The van der Waals surface area contributed by atoms with Crippen molar-refractivity contribution < 1.29 is 24.2 Å². The third-order valence-corrected chi connectivity index (χ3v) is 4.46. The lowest BCUT2D eigenvalue weighted by Crippen LogP contribution is -2.34. The molecule has 0 aliphatic carbocycles. The lowest BCUT2D eigenvalue weighted by molar-refractivity contribution is -0.129. The van der Waals surface area contributed by atoms with Crippen molar-refractivity contribution in [3.63, 3.8) is 0 Å². The molecule has 1 aromatic carbocycles. The van der Waals surface area contributed by atoms with E-state index in [0.717, 1.165) is 5.56 Å².